The highest BCUT2D eigenvalue weighted by Gasteiger charge is 2.44. The van der Waals surface area contributed by atoms with Gasteiger partial charge in [-0.3, -0.25) is 0 Å². The Morgan fingerprint density at radius 1 is 1.06 bits per heavy atom. The smallest absolute Gasteiger partial charge is 0.312 e. The van der Waals surface area contributed by atoms with Gasteiger partial charge in [-0.25, -0.2) is 4.79 Å². The number of hydrogen-bond donors (Lipinski definition) is 7. The largest absolute Gasteiger partial charge is 0.508 e. The Labute approximate surface area is 197 Å². The number of aryl methyl sites for hydroxylation is 2. The average Bonchev–Trinajstić information content (AvgIpc) is 2.78. The number of hydrogen-bond acceptors (Lipinski definition) is 7. The number of carbonyl (C=O) groups is 1. The van der Waals surface area contributed by atoms with Gasteiger partial charge in [0.25, 0.3) is 0 Å². The predicted molar refractivity (Wildman–Crippen MR) is 127 cm³/mol. The molecule has 3 rings (SSSR count). The quantitative estimate of drug-likeness (QED) is 0.282. The van der Waals surface area contributed by atoms with E-state index in [2.05, 4.69) is 5.32 Å². The van der Waals surface area contributed by atoms with Crippen molar-refractivity contribution < 1.29 is 30.3 Å². The first kappa shape index (κ1) is 25.3. The molecule has 0 unspecified atom stereocenters. The number of nitrogens with one attached hydrogen (secondary N) is 1. The number of thioether (sulfide) groups is 1. The van der Waals surface area contributed by atoms with Gasteiger partial charge in [0, 0.05) is 12.1 Å². The number of nitrogens with two attached hydrogens (primary N) is 1. The number of benzene rings is 2. The van der Waals surface area contributed by atoms with Crippen molar-refractivity contribution in [3.63, 3.8) is 0 Å². The molecular weight excluding hydrogens is 444 g/mol. The molecule has 2 aromatic carbocycles. The summed E-state index contributed by atoms with van der Waals surface area (Å²) in [6, 6.07) is 11.1. The summed E-state index contributed by atoms with van der Waals surface area (Å²) in [6.45, 7) is 2.08. The second-order valence-corrected chi connectivity index (χ2v) is 9.86. The van der Waals surface area contributed by atoms with Gasteiger partial charge in [-0.05, 0) is 54.5 Å². The standard InChI is InChI=1S/C24H32N2O6S/c1-13-9-18(28)17(23-22(31)21(30)20(29)19(12-27)33-23)11-16(13)10-15-6-4-14(5-7-15)3-2-8-26-24(25)32/h4-7,9,11,19-23,27-31H,2-3,8,10,12H2,1H3,(H3,25,26,32)/t19-,20-,21+,22-,23+/m1/s1. The lowest BCUT2D eigenvalue weighted by molar-refractivity contribution is -0.0701. The summed E-state index contributed by atoms with van der Waals surface area (Å²) in [6.07, 6.45) is -1.71. The third-order valence-corrected chi connectivity index (χ3v) is 7.65. The molecular formula is C24H32N2O6S. The summed E-state index contributed by atoms with van der Waals surface area (Å²) in [4.78, 5) is 10.7. The second kappa shape index (κ2) is 11.2. The van der Waals surface area contributed by atoms with Gasteiger partial charge >= 0.3 is 6.03 Å². The Kier molecular flexibility index (Phi) is 8.61. The van der Waals surface area contributed by atoms with E-state index >= 15 is 0 Å². The third-order valence-electron chi connectivity index (χ3n) is 6.04. The zero-order valence-electron chi connectivity index (χ0n) is 18.5. The van der Waals surface area contributed by atoms with Gasteiger partial charge in [-0.15, -0.1) is 11.8 Å². The highest BCUT2D eigenvalue weighted by Crippen LogP contribution is 2.46. The van der Waals surface area contributed by atoms with Crippen LogP contribution in [0, 0.1) is 6.92 Å². The molecule has 180 valence electrons. The van der Waals surface area contributed by atoms with E-state index in [9.17, 15) is 30.3 Å². The number of primary amides is 1. The maximum atomic E-state index is 10.7. The molecule has 9 heteroatoms. The van der Waals surface area contributed by atoms with E-state index in [4.69, 9.17) is 5.73 Å². The van der Waals surface area contributed by atoms with Crippen LogP contribution in [0.4, 0.5) is 4.79 Å². The first-order chi connectivity index (χ1) is 15.7. The van der Waals surface area contributed by atoms with Gasteiger partial charge in [-0.2, -0.15) is 0 Å². The number of carbonyl (C=O) groups excluding carboxylic acids is 1. The Morgan fingerprint density at radius 3 is 2.36 bits per heavy atom. The Balaban J connectivity index is 1.74. The SMILES string of the molecule is Cc1cc(O)c([C@@H]2S[C@H](CO)[C@@H](O)[C@H](O)[C@H]2O)cc1Cc1ccc(CCCNC(N)=O)cc1. The summed E-state index contributed by atoms with van der Waals surface area (Å²) in [5.41, 5.74) is 9.62. The van der Waals surface area contributed by atoms with Crippen LogP contribution in [-0.2, 0) is 12.8 Å². The number of urea groups is 1. The van der Waals surface area contributed by atoms with Crippen molar-refractivity contribution in [2.75, 3.05) is 13.2 Å². The number of rotatable bonds is 8. The molecule has 5 atom stereocenters. The molecule has 0 radical (unpaired) electrons. The van der Waals surface area contributed by atoms with Crippen LogP contribution < -0.4 is 11.1 Å². The first-order valence-corrected chi connectivity index (χ1v) is 11.9. The zero-order valence-corrected chi connectivity index (χ0v) is 19.3. The summed E-state index contributed by atoms with van der Waals surface area (Å²) >= 11 is 1.15. The molecule has 1 saturated heterocycles. The van der Waals surface area contributed by atoms with Gasteiger partial charge in [0.1, 0.15) is 11.9 Å². The molecule has 2 aromatic rings. The van der Waals surface area contributed by atoms with Crippen molar-refractivity contribution in [2.24, 2.45) is 5.73 Å². The maximum Gasteiger partial charge on any atom is 0.312 e. The van der Waals surface area contributed by atoms with Gasteiger partial charge in [0.15, 0.2) is 0 Å². The summed E-state index contributed by atoms with van der Waals surface area (Å²) in [5, 5.41) is 52.2. The van der Waals surface area contributed by atoms with Crippen LogP contribution in [-0.4, -0.2) is 68.3 Å². The summed E-state index contributed by atoms with van der Waals surface area (Å²) in [7, 11) is 0. The van der Waals surface area contributed by atoms with E-state index in [1.807, 2.05) is 37.3 Å². The van der Waals surface area contributed by atoms with E-state index in [0.717, 1.165) is 46.9 Å². The molecule has 0 aliphatic carbocycles. The Morgan fingerprint density at radius 2 is 1.73 bits per heavy atom. The molecule has 1 aliphatic rings. The number of phenolic OH excluding ortho intramolecular Hbond substituents is 1. The first-order valence-electron chi connectivity index (χ1n) is 10.9. The fraction of sp³-hybridized carbons (Fsp3) is 0.458. The van der Waals surface area contributed by atoms with E-state index in [0.29, 0.717) is 18.5 Å². The second-order valence-electron chi connectivity index (χ2n) is 8.47. The summed E-state index contributed by atoms with van der Waals surface area (Å²) in [5.74, 6) is 0.00741. The Hall–Kier alpha value is -2.30. The molecule has 8 N–H and O–H groups in total. The van der Waals surface area contributed by atoms with Crippen molar-refractivity contribution in [2.45, 2.75) is 55.0 Å². The predicted octanol–water partition coefficient (Wildman–Crippen LogP) is 1.12. The molecule has 0 aromatic heterocycles. The van der Waals surface area contributed by atoms with Crippen molar-refractivity contribution in [3.8, 4) is 5.75 Å². The van der Waals surface area contributed by atoms with Gasteiger partial charge in [0.05, 0.1) is 29.3 Å². The van der Waals surface area contributed by atoms with Gasteiger partial charge in [-0.1, -0.05) is 30.3 Å². The van der Waals surface area contributed by atoms with E-state index < -0.39 is 34.8 Å². The van der Waals surface area contributed by atoms with Crippen LogP contribution in [0.1, 0.15) is 39.5 Å². The third kappa shape index (κ3) is 6.18. The van der Waals surface area contributed by atoms with Crippen molar-refractivity contribution in [1.29, 1.82) is 0 Å². The van der Waals surface area contributed by atoms with Crippen molar-refractivity contribution in [3.05, 3.63) is 64.2 Å². The fourth-order valence-corrected chi connectivity index (χ4v) is 5.52. The molecule has 1 heterocycles. The van der Waals surface area contributed by atoms with Gasteiger partial charge < -0.3 is 36.6 Å². The van der Waals surface area contributed by atoms with E-state index in [1.165, 1.54) is 0 Å². The van der Waals surface area contributed by atoms with Crippen LogP contribution in [0.2, 0.25) is 0 Å². The minimum atomic E-state index is -1.41. The lowest BCUT2D eigenvalue weighted by Crippen LogP contribution is -2.51. The van der Waals surface area contributed by atoms with Crippen LogP contribution >= 0.6 is 11.8 Å². The van der Waals surface area contributed by atoms with E-state index in [1.54, 1.807) is 6.07 Å². The minimum absolute atomic E-state index is 0.00741. The molecule has 0 bridgehead atoms. The van der Waals surface area contributed by atoms with Crippen molar-refractivity contribution in [1.82, 2.24) is 5.32 Å². The lowest BCUT2D eigenvalue weighted by atomic mass is 9.92. The number of aromatic hydroxyl groups is 1. The van der Waals surface area contributed by atoms with Gasteiger partial charge in [0.2, 0.25) is 0 Å². The topological polar surface area (TPSA) is 156 Å². The zero-order chi connectivity index (χ0) is 24.1. The highest BCUT2D eigenvalue weighted by molar-refractivity contribution is 8.00. The maximum absolute atomic E-state index is 10.7. The molecule has 33 heavy (non-hydrogen) atoms. The molecule has 0 spiro atoms. The molecule has 1 fully saturated rings. The molecule has 1 aliphatic heterocycles. The number of phenols is 1. The monoisotopic (exact) mass is 476 g/mol. The highest BCUT2D eigenvalue weighted by atomic mass is 32.2. The normalized spacial score (nSPS) is 25.1. The number of aliphatic hydroxyl groups is 4. The Bertz CT molecular complexity index is 953. The molecule has 0 saturated carbocycles. The van der Waals surface area contributed by atoms with Crippen LogP contribution in [0.25, 0.3) is 0 Å². The summed E-state index contributed by atoms with van der Waals surface area (Å²) < 4.78 is 0. The van der Waals surface area contributed by atoms with Crippen LogP contribution in [0.15, 0.2) is 36.4 Å². The lowest BCUT2D eigenvalue weighted by Gasteiger charge is -2.40. The molecule has 2 amide bonds. The van der Waals surface area contributed by atoms with Crippen LogP contribution in [0.5, 0.6) is 5.75 Å². The van der Waals surface area contributed by atoms with Crippen molar-refractivity contribution >= 4 is 17.8 Å². The van der Waals surface area contributed by atoms with E-state index in [-0.39, 0.29) is 12.4 Å². The minimum Gasteiger partial charge on any atom is -0.508 e. The average molecular weight is 477 g/mol. The molecule has 8 nitrogen and oxygen atoms in total. The van der Waals surface area contributed by atoms with Crippen LogP contribution in [0.3, 0.4) is 0 Å². The fourth-order valence-electron chi connectivity index (χ4n) is 4.08. The number of amides is 2. The number of aliphatic hydroxyl groups excluding tert-OH is 4.